The van der Waals surface area contributed by atoms with Crippen molar-refractivity contribution in [3.05, 3.63) is 35.9 Å². The van der Waals surface area contributed by atoms with E-state index in [4.69, 9.17) is 0 Å². The van der Waals surface area contributed by atoms with E-state index in [2.05, 4.69) is 41.4 Å². The molecule has 1 aliphatic rings. The van der Waals surface area contributed by atoms with E-state index in [-0.39, 0.29) is 6.03 Å². The number of carbonyl (C=O) groups is 1. The van der Waals surface area contributed by atoms with Gasteiger partial charge in [0.05, 0.1) is 0 Å². The van der Waals surface area contributed by atoms with Crippen molar-refractivity contribution in [2.45, 2.75) is 26.3 Å². The van der Waals surface area contributed by atoms with Gasteiger partial charge in [0.2, 0.25) is 0 Å². The van der Waals surface area contributed by atoms with Crippen molar-refractivity contribution in [3.8, 4) is 0 Å². The fourth-order valence-corrected chi connectivity index (χ4v) is 2.43. The number of unbranched alkanes of at least 4 members (excludes halogenated alkanes) is 1. The third kappa shape index (κ3) is 4.53. The van der Waals surface area contributed by atoms with Crippen LogP contribution in [-0.4, -0.2) is 48.6 Å². The molecule has 1 heterocycles. The molecular weight excluding hydrogens is 250 g/mol. The summed E-state index contributed by atoms with van der Waals surface area (Å²) in [7, 11) is 0. The zero-order valence-electron chi connectivity index (χ0n) is 12.3. The van der Waals surface area contributed by atoms with Crippen molar-refractivity contribution >= 4 is 6.03 Å². The van der Waals surface area contributed by atoms with E-state index in [9.17, 15) is 4.79 Å². The lowest BCUT2D eigenvalue weighted by atomic mass is 10.2. The molecular formula is C16H25N3O. The second-order valence-electron chi connectivity index (χ2n) is 5.33. The number of benzene rings is 1. The third-order valence-electron chi connectivity index (χ3n) is 3.72. The topological polar surface area (TPSA) is 35.6 Å². The van der Waals surface area contributed by atoms with Gasteiger partial charge in [-0.25, -0.2) is 4.79 Å². The summed E-state index contributed by atoms with van der Waals surface area (Å²) >= 11 is 0. The van der Waals surface area contributed by atoms with Crippen LogP contribution >= 0.6 is 0 Å². The van der Waals surface area contributed by atoms with Gasteiger partial charge in [0.15, 0.2) is 0 Å². The summed E-state index contributed by atoms with van der Waals surface area (Å²) in [6.07, 6.45) is 2.17. The number of carbonyl (C=O) groups excluding carboxylic acids is 1. The van der Waals surface area contributed by atoms with Gasteiger partial charge in [0.25, 0.3) is 0 Å². The fourth-order valence-electron chi connectivity index (χ4n) is 2.43. The number of hydrogen-bond donors (Lipinski definition) is 1. The summed E-state index contributed by atoms with van der Waals surface area (Å²) in [5, 5.41) is 2.99. The minimum Gasteiger partial charge on any atom is -0.338 e. The van der Waals surface area contributed by atoms with Crippen LogP contribution in [0.1, 0.15) is 25.3 Å². The summed E-state index contributed by atoms with van der Waals surface area (Å²) in [4.78, 5) is 16.3. The highest BCUT2D eigenvalue weighted by atomic mass is 16.2. The Labute approximate surface area is 121 Å². The van der Waals surface area contributed by atoms with Crippen molar-refractivity contribution in [2.24, 2.45) is 0 Å². The molecule has 0 aromatic heterocycles. The number of urea groups is 1. The maximum absolute atomic E-state index is 11.9. The smallest absolute Gasteiger partial charge is 0.317 e. The SMILES string of the molecule is CCCCNC(=O)N1CCN(Cc2ccccc2)CC1. The largest absolute Gasteiger partial charge is 0.338 e. The van der Waals surface area contributed by atoms with E-state index in [1.165, 1.54) is 5.56 Å². The normalized spacial score (nSPS) is 16.1. The first-order valence-corrected chi connectivity index (χ1v) is 7.58. The monoisotopic (exact) mass is 275 g/mol. The van der Waals surface area contributed by atoms with Crippen molar-refractivity contribution in [2.75, 3.05) is 32.7 Å². The van der Waals surface area contributed by atoms with Gasteiger partial charge >= 0.3 is 6.03 Å². The van der Waals surface area contributed by atoms with Crippen LogP contribution in [0.2, 0.25) is 0 Å². The van der Waals surface area contributed by atoms with Crippen LogP contribution in [0.25, 0.3) is 0 Å². The van der Waals surface area contributed by atoms with Gasteiger partial charge in [-0.05, 0) is 12.0 Å². The van der Waals surface area contributed by atoms with Gasteiger partial charge in [-0.15, -0.1) is 0 Å². The second kappa shape index (κ2) is 7.90. The molecule has 110 valence electrons. The average molecular weight is 275 g/mol. The first-order chi connectivity index (χ1) is 9.79. The van der Waals surface area contributed by atoms with E-state index in [1.807, 2.05) is 11.0 Å². The third-order valence-corrected chi connectivity index (χ3v) is 3.72. The first kappa shape index (κ1) is 14.9. The Hall–Kier alpha value is -1.55. The summed E-state index contributed by atoms with van der Waals surface area (Å²) in [5.74, 6) is 0. The molecule has 1 aromatic carbocycles. The minimum atomic E-state index is 0.0952. The number of nitrogens with zero attached hydrogens (tertiary/aromatic N) is 2. The highest BCUT2D eigenvalue weighted by Gasteiger charge is 2.20. The van der Waals surface area contributed by atoms with Crippen LogP contribution < -0.4 is 5.32 Å². The maximum Gasteiger partial charge on any atom is 0.317 e. The van der Waals surface area contributed by atoms with Crippen LogP contribution in [0, 0.1) is 0 Å². The highest BCUT2D eigenvalue weighted by Crippen LogP contribution is 2.08. The minimum absolute atomic E-state index is 0.0952. The van der Waals surface area contributed by atoms with E-state index in [0.29, 0.717) is 0 Å². The Bertz CT molecular complexity index is 399. The van der Waals surface area contributed by atoms with Crippen LogP contribution in [0.4, 0.5) is 4.79 Å². The van der Waals surface area contributed by atoms with Crippen LogP contribution in [-0.2, 0) is 6.54 Å². The number of rotatable bonds is 5. The summed E-state index contributed by atoms with van der Waals surface area (Å²) in [5.41, 5.74) is 1.34. The van der Waals surface area contributed by atoms with Gasteiger partial charge in [0.1, 0.15) is 0 Å². The molecule has 0 radical (unpaired) electrons. The molecule has 1 fully saturated rings. The fraction of sp³-hybridized carbons (Fsp3) is 0.562. The van der Waals surface area contributed by atoms with Crippen LogP contribution in [0.5, 0.6) is 0 Å². The lowest BCUT2D eigenvalue weighted by Crippen LogP contribution is -2.51. The van der Waals surface area contributed by atoms with Gasteiger partial charge < -0.3 is 10.2 Å². The Balaban J connectivity index is 1.71. The highest BCUT2D eigenvalue weighted by molar-refractivity contribution is 5.74. The first-order valence-electron chi connectivity index (χ1n) is 7.58. The molecule has 1 aliphatic heterocycles. The molecule has 2 amide bonds. The van der Waals surface area contributed by atoms with E-state index >= 15 is 0 Å². The number of piperazine rings is 1. The lowest BCUT2D eigenvalue weighted by Gasteiger charge is -2.34. The molecule has 1 aromatic rings. The average Bonchev–Trinajstić information content (AvgIpc) is 2.49. The number of nitrogens with one attached hydrogen (secondary N) is 1. The lowest BCUT2D eigenvalue weighted by molar-refractivity contribution is 0.135. The molecule has 4 nitrogen and oxygen atoms in total. The number of amides is 2. The molecule has 0 saturated carbocycles. The summed E-state index contributed by atoms with van der Waals surface area (Å²) < 4.78 is 0. The second-order valence-corrected chi connectivity index (χ2v) is 5.33. The van der Waals surface area contributed by atoms with Gasteiger partial charge in [-0.2, -0.15) is 0 Å². The Morgan fingerprint density at radius 3 is 2.50 bits per heavy atom. The predicted molar refractivity (Wildman–Crippen MR) is 81.6 cm³/mol. The Kier molecular flexibility index (Phi) is 5.87. The van der Waals surface area contributed by atoms with Crippen LogP contribution in [0.15, 0.2) is 30.3 Å². The van der Waals surface area contributed by atoms with Gasteiger partial charge in [-0.1, -0.05) is 43.7 Å². The Morgan fingerprint density at radius 2 is 1.85 bits per heavy atom. The molecule has 4 heteroatoms. The van der Waals surface area contributed by atoms with Crippen molar-refractivity contribution in [3.63, 3.8) is 0 Å². The molecule has 1 saturated heterocycles. The molecule has 20 heavy (non-hydrogen) atoms. The van der Waals surface area contributed by atoms with Crippen molar-refractivity contribution in [1.29, 1.82) is 0 Å². The summed E-state index contributed by atoms with van der Waals surface area (Å²) in [6.45, 7) is 7.46. The van der Waals surface area contributed by atoms with E-state index in [0.717, 1.165) is 52.1 Å². The molecule has 0 spiro atoms. The predicted octanol–water partition coefficient (Wildman–Crippen LogP) is 2.31. The summed E-state index contributed by atoms with van der Waals surface area (Å²) in [6, 6.07) is 10.6. The van der Waals surface area contributed by atoms with Gasteiger partial charge in [0, 0.05) is 39.3 Å². The standard InChI is InChI=1S/C16H25N3O/c1-2-3-9-17-16(20)19-12-10-18(11-13-19)14-15-7-5-4-6-8-15/h4-8H,2-3,9-14H2,1H3,(H,17,20). The molecule has 0 atom stereocenters. The number of hydrogen-bond acceptors (Lipinski definition) is 2. The zero-order chi connectivity index (χ0) is 14.2. The molecule has 2 rings (SSSR count). The molecule has 0 bridgehead atoms. The molecule has 0 unspecified atom stereocenters. The van der Waals surface area contributed by atoms with Crippen molar-refractivity contribution < 1.29 is 4.79 Å². The molecule has 1 N–H and O–H groups in total. The van der Waals surface area contributed by atoms with E-state index < -0.39 is 0 Å². The van der Waals surface area contributed by atoms with Crippen LogP contribution in [0.3, 0.4) is 0 Å². The van der Waals surface area contributed by atoms with Gasteiger partial charge in [-0.3, -0.25) is 4.90 Å². The maximum atomic E-state index is 11.9. The zero-order valence-corrected chi connectivity index (χ0v) is 12.3. The molecule has 0 aliphatic carbocycles. The quantitative estimate of drug-likeness (QED) is 0.837. The Morgan fingerprint density at radius 1 is 1.15 bits per heavy atom. The van der Waals surface area contributed by atoms with Crippen molar-refractivity contribution in [1.82, 2.24) is 15.1 Å². The van der Waals surface area contributed by atoms with E-state index in [1.54, 1.807) is 0 Å².